The van der Waals surface area contributed by atoms with Gasteiger partial charge < -0.3 is 0 Å². The van der Waals surface area contributed by atoms with Gasteiger partial charge >= 0.3 is 0 Å². The van der Waals surface area contributed by atoms with E-state index in [0.29, 0.717) is 5.92 Å². The molecule has 0 spiro atoms. The molecule has 3 rings (SSSR count). The lowest BCUT2D eigenvalue weighted by atomic mass is 9.66. The van der Waals surface area contributed by atoms with Crippen LogP contribution in [-0.2, 0) is 4.79 Å². The van der Waals surface area contributed by atoms with Gasteiger partial charge in [-0.3, -0.25) is 4.79 Å². The molecular formula is C19H22O. The molecule has 0 N–H and O–H groups in total. The Balaban J connectivity index is 1.83. The van der Waals surface area contributed by atoms with Crippen LogP contribution in [0.5, 0.6) is 0 Å². The molecule has 2 atom stereocenters. The lowest BCUT2D eigenvalue weighted by Crippen LogP contribution is -2.32. The molecule has 104 valence electrons. The molecule has 2 aliphatic rings. The first-order chi connectivity index (χ1) is 9.45. The highest BCUT2D eigenvalue weighted by atomic mass is 16.1. The molecule has 1 aromatic carbocycles. The number of carbonyl (C=O) groups is 1. The lowest BCUT2D eigenvalue weighted by molar-refractivity contribution is -0.112. The first kappa shape index (κ1) is 13.4. The third-order valence-electron chi connectivity index (χ3n) is 5.76. The number of carbonyl (C=O) groups excluding carboxylic acids is 1. The minimum absolute atomic E-state index is 0.0514. The van der Waals surface area contributed by atoms with Crippen molar-refractivity contribution in [1.82, 2.24) is 0 Å². The van der Waals surface area contributed by atoms with Crippen molar-refractivity contribution in [3.05, 3.63) is 53.6 Å². The molecule has 1 nitrogen and oxygen atoms in total. The highest BCUT2D eigenvalue weighted by Crippen LogP contribution is 2.65. The van der Waals surface area contributed by atoms with E-state index in [2.05, 4.69) is 26.8 Å². The van der Waals surface area contributed by atoms with Crippen LogP contribution in [0.2, 0.25) is 0 Å². The summed E-state index contributed by atoms with van der Waals surface area (Å²) in [5.74, 6) is 0.753. The van der Waals surface area contributed by atoms with Gasteiger partial charge in [-0.05, 0) is 35.8 Å². The second-order valence-electron chi connectivity index (χ2n) is 6.89. The van der Waals surface area contributed by atoms with Gasteiger partial charge in [0.1, 0.15) is 0 Å². The van der Waals surface area contributed by atoms with Crippen LogP contribution in [0.3, 0.4) is 0 Å². The molecule has 0 radical (unpaired) electrons. The Labute approximate surface area is 121 Å². The van der Waals surface area contributed by atoms with Crippen molar-refractivity contribution in [1.29, 1.82) is 0 Å². The van der Waals surface area contributed by atoms with Gasteiger partial charge in [0.05, 0.1) is 0 Å². The zero-order valence-electron chi connectivity index (χ0n) is 12.5. The van der Waals surface area contributed by atoms with Gasteiger partial charge in [0.15, 0.2) is 5.78 Å². The fourth-order valence-electron chi connectivity index (χ4n) is 3.87. The second kappa shape index (κ2) is 4.44. The van der Waals surface area contributed by atoms with Crippen LogP contribution >= 0.6 is 0 Å². The van der Waals surface area contributed by atoms with Gasteiger partial charge in [-0.25, -0.2) is 0 Å². The van der Waals surface area contributed by atoms with Crippen LogP contribution in [-0.4, -0.2) is 5.78 Å². The van der Waals surface area contributed by atoms with Crippen LogP contribution in [0.4, 0.5) is 0 Å². The highest BCUT2D eigenvalue weighted by molar-refractivity contribution is 6.08. The molecule has 1 aromatic rings. The molecule has 2 aliphatic carbocycles. The van der Waals surface area contributed by atoms with Crippen molar-refractivity contribution >= 4 is 11.9 Å². The molecule has 0 aliphatic heterocycles. The molecule has 1 saturated carbocycles. The third kappa shape index (κ3) is 1.80. The molecule has 0 heterocycles. The Bertz CT molecular complexity index is 591. The zero-order chi connectivity index (χ0) is 14.4. The maximum absolute atomic E-state index is 12.5. The summed E-state index contributed by atoms with van der Waals surface area (Å²) in [6.07, 6.45) is 8.26. The van der Waals surface area contributed by atoms with Crippen LogP contribution in [0, 0.1) is 16.7 Å². The van der Waals surface area contributed by atoms with Crippen molar-refractivity contribution in [3.63, 3.8) is 0 Å². The van der Waals surface area contributed by atoms with Crippen molar-refractivity contribution in [2.45, 2.75) is 33.6 Å². The first-order valence-corrected chi connectivity index (χ1v) is 7.45. The number of benzene rings is 1. The summed E-state index contributed by atoms with van der Waals surface area (Å²) in [5, 5.41) is 0. The summed E-state index contributed by atoms with van der Waals surface area (Å²) in [5.41, 5.74) is 2.38. The van der Waals surface area contributed by atoms with E-state index in [1.807, 2.05) is 36.4 Å². The van der Waals surface area contributed by atoms with Gasteiger partial charge in [0.25, 0.3) is 0 Å². The number of rotatable bonds is 3. The number of hydrogen-bond acceptors (Lipinski definition) is 1. The fourth-order valence-corrected chi connectivity index (χ4v) is 3.87. The molecule has 0 saturated heterocycles. The van der Waals surface area contributed by atoms with E-state index >= 15 is 0 Å². The topological polar surface area (TPSA) is 17.1 Å². The standard InChI is InChI=1S/C19H22O/c1-18(2)15-11-12-19(18,3)16(13-15)17(20)10-9-14-7-5-4-6-8-14/h4-10,13,15H,11-12H2,1-3H3/b10-9+/t15-,19+/m1/s1. The zero-order valence-corrected chi connectivity index (χ0v) is 12.5. The molecule has 0 aromatic heterocycles. The Morgan fingerprint density at radius 2 is 1.90 bits per heavy atom. The fraction of sp³-hybridized carbons (Fsp3) is 0.421. The summed E-state index contributed by atoms with van der Waals surface area (Å²) in [4.78, 5) is 12.5. The highest BCUT2D eigenvalue weighted by Gasteiger charge is 2.58. The molecule has 0 amide bonds. The van der Waals surface area contributed by atoms with E-state index in [0.717, 1.165) is 17.6 Å². The minimum atomic E-state index is 0.0514. The van der Waals surface area contributed by atoms with E-state index in [-0.39, 0.29) is 16.6 Å². The van der Waals surface area contributed by atoms with Gasteiger partial charge in [-0.15, -0.1) is 0 Å². The van der Waals surface area contributed by atoms with Crippen molar-refractivity contribution in [2.75, 3.05) is 0 Å². The van der Waals surface area contributed by atoms with Gasteiger partial charge in [-0.1, -0.05) is 63.3 Å². The van der Waals surface area contributed by atoms with E-state index in [1.54, 1.807) is 6.08 Å². The smallest absolute Gasteiger partial charge is 0.182 e. The lowest BCUT2D eigenvalue weighted by Gasteiger charge is -2.36. The predicted octanol–water partition coefficient (Wildman–Crippen LogP) is 4.65. The predicted molar refractivity (Wildman–Crippen MR) is 83.2 cm³/mol. The Morgan fingerprint density at radius 3 is 2.45 bits per heavy atom. The van der Waals surface area contributed by atoms with E-state index in [1.165, 1.54) is 6.42 Å². The van der Waals surface area contributed by atoms with Crippen LogP contribution in [0.25, 0.3) is 6.08 Å². The normalized spacial score (nSPS) is 30.8. The molecular weight excluding hydrogens is 244 g/mol. The summed E-state index contributed by atoms with van der Waals surface area (Å²) in [6, 6.07) is 10.0. The van der Waals surface area contributed by atoms with E-state index in [9.17, 15) is 4.79 Å². The number of allylic oxidation sites excluding steroid dienone is 3. The van der Waals surface area contributed by atoms with Crippen molar-refractivity contribution in [2.24, 2.45) is 16.7 Å². The summed E-state index contributed by atoms with van der Waals surface area (Å²) in [6.45, 7) is 6.88. The summed E-state index contributed by atoms with van der Waals surface area (Å²) >= 11 is 0. The third-order valence-corrected chi connectivity index (χ3v) is 5.76. The Morgan fingerprint density at radius 1 is 1.20 bits per heavy atom. The molecule has 20 heavy (non-hydrogen) atoms. The Hall–Kier alpha value is -1.63. The Kier molecular flexibility index (Phi) is 2.97. The van der Waals surface area contributed by atoms with E-state index < -0.39 is 0 Å². The molecule has 2 bridgehead atoms. The van der Waals surface area contributed by atoms with Gasteiger partial charge in [0, 0.05) is 11.0 Å². The monoisotopic (exact) mass is 266 g/mol. The van der Waals surface area contributed by atoms with Crippen LogP contribution in [0.1, 0.15) is 39.2 Å². The second-order valence-corrected chi connectivity index (χ2v) is 6.89. The average molecular weight is 266 g/mol. The quantitative estimate of drug-likeness (QED) is 0.728. The van der Waals surface area contributed by atoms with Gasteiger partial charge in [-0.2, -0.15) is 0 Å². The van der Waals surface area contributed by atoms with E-state index in [4.69, 9.17) is 0 Å². The van der Waals surface area contributed by atoms with Crippen molar-refractivity contribution in [3.8, 4) is 0 Å². The minimum Gasteiger partial charge on any atom is -0.290 e. The maximum atomic E-state index is 12.5. The van der Waals surface area contributed by atoms with Crippen molar-refractivity contribution < 1.29 is 4.79 Å². The number of fused-ring (bicyclic) bond motifs is 2. The summed E-state index contributed by atoms with van der Waals surface area (Å²) < 4.78 is 0. The molecule has 1 heteroatoms. The molecule has 1 fully saturated rings. The van der Waals surface area contributed by atoms with Crippen LogP contribution in [0.15, 0.2) is 48.1 Å². The number of ketones is 1. The van der Waals surface area contributed by atoms with Crippen LogP contribution < -0.4 is 0 Å². The molecule has 0 unspecified atom stereocenters. The van der Waals surface area contributed by atoms with Gasteiger partial charge in [0.2, 0.25) is 0 Å². The SMILES string of the molecule is CC1(C)[C@H]2C=C(C(=O)/C=C/c3ccccc3)[C@]1(C)CC2. The largest absolute Gasteiger partial charge is 0.290 e. The maximum Gasteiger partial charge on any atom is 0.182 e. The number of hydrogen-bond donors (Lipinski definition) is 0. The first-order valence-electron chi connectivity index (χ1n) is 7.45. The summed E-state index contributed by atoms with van der Waals surface area (Å²) in [7, 11) is 0. The average Bonchev–Trinajstić information content (AvgIpc) is 2.78.